The Labute approximate surface area is 152 Å². The third-order valence-corrected chi connectivity index (χ3v) is 4.95. The molecule has 142 valence electrons. The van der Waals surface area contributed by atoms with Gasteiger partial charge in [0.15, 0.2) is 10.9 Å². The van der Waals surface area contributed by atoms with Crippen LogP contribution in [0.25, 0.3) is 0 Å². The second kappa shape index (κ2) is 7.27. The molecule has 1 aromatic heterocycles. The highest BCUT2D eigenvalue weighted by atomic mass is 32.2. The van der Waals surface area contributed by atoms with Crippen LogP contribution in [-0.4, -0.2) is 40.5 Å². The van der Waals surface area contributed by atoms with Gasteiger partial charge in [0, 0.05) is 18.3 Å². The lowest BCUT2D eigenvalue weighted by molar-refractivity contribution is -0.147. The van der Waals surface area contributed by atoms with E-state index in [9.17, 15) is 26.4 Å². The van der Waals surface area contributed by atoms with E-state index in [0.29, 0.717) is 11.3 Å². The molecule has 0 saturated heterocycles. The molecule has 0 spiro atoms. The maximum absolute atomic E-state index is 12.7. The number of Topliss-reactive ketones (excluding diaryl/α,β-unsaturated/α-hetero) is 1. The van der Waals surface area contributed by atoms with Crippen molar-refractivity contribution >= 4 is 33.3 Å². The van der Waals surface area contributed by atoms with Gasteiger partial charge in [0.05, 0.1) is 11.5 Å². The van der Waals surface area contributed by atoms with Gasteiger partial charge in [-0.25, -0.2) is 8.42 Å². The first-order valence-corrected chi connectivity index (χ1v) is 9.91. The molecule has 0 amide bonds. The third kappa shape index (κ3) is 4.97. The number of halogens is 3. The van der Waals surface area contributed by atoms with E-state index >= 15 is 0 Å². The number of nitrogens with zero attached hydrogens (tertiary/aromatic N) is 3. The van der Waals surface area contributed by atoms with Crippen molar-refractivity contribution in [1.29, 1.82) is 0 Å². The van der Waals surface area contributed by atoms with Gasteiger partial charge < -0.3 is 4.57 Å². The van der Waals surface area contributed by atoms with Crippen molar-refractivity contribution in [2.45, 2.75) is 23.5 Å². The normalized spacial score (nSPS) is 13.5. The number of thioether (sulfide) groups is 1. The van der Waals surface area contributed by atoms with Crippen molar-refractivity contribution in [3.05, 3.63) is 35.7 Å². The van der Waals surface area contributed by atoms with E-state index in [4.69, 9.17) is 0 Å². The Morgan fingerprint density at radius 3 is 2.27 bits per heavy atom. The number of sulfonamides is 1. The van der Waals surface area contributed by atoms with Gasteiger partial charge in [0.2, 0.25) is 15.8 Å². The number of rotatable bonds is 6. The van der Waals surface area contributed by atoms with Crippen LogP contribution in [0, 0.1) is 0 Å². The van der Waals surface area contributed by atoms with Gasteiger partial charge in [0.25, 0.3) is 0 Å². The van der Waals surface area contributed by atoms with Crippen LogP contribution in [0.1, 0.15) is 23.1 Å². The molecule has 0 fully saturated rings. The summed E-state index contributed by atoms with van der Waals surface area (Å²) in [6.45, 7) is 1.54. The Balaban J connectivity index is 2.12. The molecule has 0 saturated carbocycles. The predicted octanol–water partition coefficient (Wildman–Crippen LogP) is 2.57. The van der Waals surface area contributed by atoms with Crippen LogP contribution < -0.4 is 4.72 Å². The summed E-state index contributed by atoms with van der Waals surface area (Å²) in [5.41, 5.74) is 0.592. The summed E-state index contributed by atoms with van der Waals surface area (Å²) in [7, 11) is -2.26. The van der Waals surface area contributed by atoms with Crippen LogP contribution in [0.3, 0.4) is 0 Å². The Kier molecular flexibility index (Phi) is 5.66. The third-order valence-electron chi connectivity index (χ3n) is 3.21. The lowest BCUT2D eigenvalue weighted by atomic mass is 10.1. The van der Waals surface area contributed by atoms with E-state index in [1.54, 1.807) is 0 Å². The van der Waals surface area contributed by atoms with Crippen LogP contribution in [0.2, 0.25) is 0 Å². The summed E-state index contributed by atoms with van der Waals surface area (Å²) in [6.07, 6.45) is -3.63. The van der Waals surface area contributed by atoms with E-state index in [-0.39, 0.29) is 10.9 Å². The van der Waals surface area contributed by atoms with Crippen LogP contribution >= 0.6 is 11.8 Å². The quantitative estimate of drug-likeness (QED) is 0.583. The standard InChI is InChI=1S/C14H15F3N4O3S2/c1-8(25-13-19-18-12(21(13)2)14(15,16)17)11(22)9-4-6-10(7-5-9)20-26(3,23)24/h4-8,20H,1-3H3/t8-/m0/s1. The van der Waals surface area contributed by atoms with Crippen molar-refractivity contribution in [2.75, 3.05) is 11.0 Å². The Morgan fingerprint density at radius 1 is 1.23 bits per heavy atom. The molecule has 0 bridgehead atoms. The molecule has 26 heavy (non-hydrogen) atoms. The fourth-order valence-corrected chi connectivity index (χ4v) is 3.48. The topological polar surface area (TPSA) is 93.9 Å². The minimum Gasteiger partial charge on any atom is -0.302 e. The lowest BCUT2D eigenvalue weighted by Gasteiger charge is -2.11. The highest BCUT2D eigenvalue weighted by molar-refractivity contribution is 8.00. The maximum atomic E-state index is 12.7. The number of benzene rings is 1. The fraction of sp³-hybridized carbons (Fsp3) is 0.357. The van der Waals surface area contributed by atoms with Crippen molar-refractivity contribution in [2.24, 2.45) is 7.05 Å². The molecule has 0 aliphatic carbocycles. The Bertz CT molecular complexity index is 909. The van der Waals surface area contributed by atoms with Gasteiger partial charge in [-0.1, -0.05) is 11.8 Å². The molecule has 0 radical (unpaired) electrons. The van der Waals surface area contributed by atoms with Crippen molar-refractivity contribution < 1.29 is 26.4 Å². The molecule has 2 rings (SSSR count). The molecule has 12 heteroatoms. The second-order valence-electron chi connectivity index (χ2n) is 5.44. The lowest BCUT2D eigenvalue weighted by Crippen LogP contribution is -2.16. The van der Waals surface area contributed by atoms with E-state index in [1.807, 2.05) is 0 Å². The number of carbonyl (C=O) groups is 1. The number of hydrogen-bond acceptors (Lipinski definition) is 6. The number of aromatic nitrogens is 3. The summed E-state index contributed by atoms with van der Waals surface area (Å²) < 4.78 is 63.6. The van der Waals surface area contributed by atoms with Gasteiger partial charge >= 0.3 is 6.18 Å². The van der Waals surface area contributed by atoms with Crippen LogP contribution in [0.5, 0.6) is 0 Å². The van der Waals surface area contributed by atoms with Crippen molar-refractivity contribution in [3.8, 4) is 0 Å². The largest absolute Gasteiger partial charge is 0.451 e. The molecule has 1 atom stereocenters. The maximum Gasteiger partial charge on any atom is 0.451 e. The highest BCUT2D eigenvalue weighted by Gasteiger charge is 2.37. The van der Waals surface area contributed by atoms with E-state index in [1.165, 1.54) is 38.2 Å². The molecule has 1 aromatic carbocycles. The Hall–Kier alpha value is -2.08. The molecule has 0 aliphatic heterocycles. The van der Waals surface area contributed by atoms with Crippen LogP contribution in [0.4, 0.5) is 18.9 Å². The average Bonchev–Trinajstić information content (AvgIpc) is 2.86. The SMILES string of the molecule is C[C@H](Sc1nnc(C(F)(F)F)n1C)C(=O)c1ccc(NS(C)(=O)=O)cc1. The summed E-state index contributed by atoms with van der Waals surface area (Å²) in [4.78, 5) is 12.4. The molecular weight excluding hydrogens is 393 g/mol. The first-order valence-electron chi connectivity index (χ1n) is 7.14. The zero-order valence-corrected chi connectivity index (χ0v) is 15.5. The van der Waals surface area contributed by atoms with E-state index < -0.39 is 27.3 Å². The number of anilines is 1. The fourth-order valence-electron chi connectivity index (χ4n) is 2.03. The van der Waals surface area contributed by atoms with E-state index in [0.717, 1.165) is 22.6 Å². The van der Waals surface area contributed by atoms with Crippen LogP contribution in [-0.2, 0) is 23.2 Å². The zero-order valence-electron chi connectivity index (χ0n) is 13.9. The summed E-state index contributed by atoms with van der Waals surface area (Å²) in [6, 6.07) is 5.72. The minimum atomic E-state index is -4.63. The number of carbonyl (C=O) groups excluding carboxylic acids is 1. The smallest absolute Gasteiger partial charge is 0.302 e. The van der Waals surface area contributed by atoms with Gasteiger partial charge in [-0.05, 0) is 31.2 Å². The monoisotopic (exact) mass is 408 g/mol. The van der Waals surface area contributed by atoms with Gasteiger partial charge in [-0.15, -0.1) is 10.2 Å². The summed E-state index contributed by atoms with van der Waals surface area (Å²) in [5, 5.41) is 5.84. The summed E-state index contributed by atoms with van der Waals surface area (Å²) in [5.74, 6) is -1.48. The first-order chi connectivity index (χ1) is 11.9. The van der Waals surface area contributed by atoms with E-state index in [2.05, 4.69) is 14.9 Å². The van der Waals surface area contributed by atoms with Crippen molar-refractivity contribution in [1.82, 2.24) is 14.8 Å². The molecule has 0 unspecified atom stereocenters. The minimum absolute atomic E-state index is 0.0338. The molecule has 2 aromatic rings. The number of nitrogens with one attached hydrogen (secondary N) is 1. The average molecular weight is 408 g/mol. The highest BCUT2D eigenvalue weighted by Crippen LogP contribution is 2.31. The molecule has 1 heterocycles. The predicted molar refractivity (Wildman–Crippen MR) is 90.6 cm³/mol. The van der Waals surface area contributed by atoms with Gasteiger partial charge in [-0.3, -0.25) is 9.52 Å². The van der Waals surface area contributed by atoms with Crippen molar-refractivity contribution in [3.63, 3.8) is 0 Å². The molecule has 1 N–H and O–H groups in total. The number of hydrogen-bond donors (Lipinski definition) is 1. The first kappa shape index (κ1) is 20.2. The second-order valence-corrected chi connectivity index (χ2v) is 8.50. The molecular formula is C14H15F3N4O3S2. The number of alkyl halides is 3. The Morgan fingerprint density at radius 2 is 1.81 bits per heavy atom. The summed E-state index contributed by atoms with van der Waals surface area (Å²) >= 11 is 0.853. The van der Waals surface area contributed by atoms with Gasteiger partial charge in [-0.2, -0.15) is 13.2 Å². The van der Waals surface area contributed by atoms with Gasteiger partial charge in [0.1, 0.15) is 0 Å². The molecule has 0 aliphatic rings. The zero-order chi connectivity index (χ0) is 19.7. The number of ketones is 1. The van der Waals surface area contributed by atoms with Crippen LogP contribution in [0.15, 0.2) is 29.4 Å². The molecule has 7 nitrogen and oxygen atoms in total.